The Morgan fingerprint density at radius 3 is 2.81 bits per heavy atom. The van der Waals surface area contributed by atoms with E-state index >= 15 is 0 Å². The van der Waals surface area contributed by atoms with Crippen LogP contribution in [0.4, 0.5) is 0 Å². The molecule has 0 unspecified atom stereocenters. The zero-order chi connectivity index (χ0) is 15.2. The number of carbonyl (C=O) groups excluding carboxylic acids is 1. The van der Waals surface area contributed by atoms with Gasteiger partial charge in [0.1, 0.15) is 5.75 Å². The van der Waals surface area contributed by atoms with E-state index in [1.54, 1.807) is 7.11 Å². The smallest absolute Gasteiger partial charge is 0.219 e. The molecule has 2 aromatic carbocycles. The summed E-state index contributed by atoms with van der Waals surface area (Å²) < 4.78 is 5.27. The molecule has 0 fully saturated rings. The molecule has 21 heavy (non-hydrogen) atoms. The summed E-state index contributed by atoms with van der Waals surface area (Å²) >= 11 is 0. The molecule has 0 aliphatic carbocycles. The van der Waals surface area contributed by atoms with Gasteiger partial charge in [-0.1, -0.05) is 31.2 Å². The highest BCUT2D eigenvalue weighted by molar-refractivity contribution is 5.87. The van der Waals surface area contributed by atoms with Crippen LogP contribution in [0.2, 0.25) is 0 Å². The van der Waals surface area contributed by atoms with Gasteiger partial charge in [0.2, 0.25) is 5.91 Å². The average Bonchev–Trinajstić information content (AvgIpc) is 2.54. The third-order valence-electron chi connectivity index (χ3n) is 3.65. The van der Waals surface area contributed by atoms with Gasteiger partial charge in [0, 0.05) is 18.9 Å². The minimum absolute atomic E-state index is 0.00809. The molecule has 0 aliphatic heterocycles. The van der Waals surface area contributed by atoms with Crippen molar-refractivity contribution < 1.29 is 14.6 Å². The standard InChI is InChI=1S/C17H21NO3/c1-3-17(20)18-10-13(11-19)15-6-4-5-12-7-8-14(21-2)9-16(12)15/h4-9,13,19H,3,10-11H2,1-2H3,(H,18,20)/t13-/m0/s1. The van der Waals surface area contributed by atoms with Crippen LogP contribution in [0, 0.1) is 0 Å². The first-order chi connectivity index (χ1) is 10.2. The molecule has 0 aliphatic rings. The summed E-state index contributed by atoms with van der Waals surface area (Å²) in [5, 5.41) is 14.6. The van der Waals surface area contributed by atoms with Crippen molar-refractivity contribution in [2.24, 2.45) is 0 Å². The Balaban J connectivity index is 2.35. The maximum atomic E-state index is 11.4. The van der Waals surface area contributed by atoms with E-state index in [2.05, 4.69) is 5.32 Å². The van der Waals surface area contributed by atoms with Crippen molar-refractivity contribution in [1.29, 1.82) is 0 Å². The van der Waals surface area contributed by atoms with Crippen LogP contribution in [0.15, 0.2) is 36.4 Å². The minimum Gasteiger partial charge on any atom is -0.497 e. The summed E-state index contributed by atoms with van der Waals surface area (Å²) in [6.45, 7) is 2.23. The predicted octanol–water partition coefficient (Wildman–Crippen LogP) is 2.45. The van der Waals surface area contributed by atoms with Crippen LogP contribution in [0.3, 0.4) is 0 Å². The maximum Gasteiger partial charge on any atom is 0.219 e. The van der Waals surface area contributed by atoms with Crippen LogP contribution in [0.1, 0.15) is 24.8 Å². The second-order valence-corrected chi connectivity index (χ2v) is 4.97. The molecule has 1 atom stereocenters. The van der Waals surface area contributed by atoms with Gasteiger partial charge >= 0.3 is 0 Å². The fourth-order valence-electron chi connectivity index (χ4n) is 2.39. The summed E-state index contributed by atoms with van der Waals surface area (Å²) in [5.74, 6) is 0.645. The lowest BCUT2D eigenvalue weighted by Gasteiger charge is -2.18. The summed E-state index contributed by atoms with van der Waals surface area (Å²) in [6.07, 6.45) is 0.446. The second-order valence-electron chi connectivity index (χ2n) is 4.97. The van der Waals surface area contributed by atoms with Gasteiger partial charge in [0.15, 0.2) is 0 Å². The Bertz CT molecular complexity index is 624. The fourth-order valence-corrected chi connectivity index (χ4v) is 2.39. The number of methoxy groups -OCH3 is 1. The van der Waals surface area contributed by atoms with Crippen LogP contribution in [-0.2, 0) is 4.79 Å². The predicted molar refractivity (Wildman–Crippen MR) is 83.6 cm³/mol. The van der Waals surface area contributed by atoms with Crippen LogP contribution in [0.25, 0.3) is 10.8 Å². The molecule has 0 aromatic heterocycles. The second kappa shape index (κ2) is 7.09. The number of aliphatic hydroxyl groups is 1. The van der Waals surface area contributed by atoms with Gasteiger partial charge in [0.05, 0.1) is 13.7 Å². The Hall–Kier alpha value is -2.07. The van der Waals surface area contributed by atoms with Gasteiger partial charge in [-0.05, 0) is 28.5 Å². The molecule has 1 amide bonds. The Morgan fingerprint density at radius 1 is 1.33 bits per heavy atom. The van der Waals surface area contributed by atoms with Crippen molar-refractivity contribution in [3.8, 4) is 5.75 Å². The quantitative estimate of drug-likeness (QED) is 0.858. The molecule has 2 rings (SSSR count). The lowest BCUT2D eigenvalue weighted by Crippen LogP contribution is -2.29. The zero-order valence-electron chi connectivity index (χ0n) is 12.4. The number of amides is 1. The summed E-state index contributed by atoms with van der Waals surface area (Å²) in [7, 11) is 1.63. The number of ether oxygens (including phenoxy) is 1. The van der Waals surface area contributed by atoms with E-state index < -0.39 is 0 Å². The molecule has 4 heteroatoms. The molecule has 2 N–H and O–H groups in total. The molecule has 0 heterocycles. The van der Waals surface area contributed by atoms with E-state index in [0.29, 0.717) is 13.0 Å². The van der Waals surface area contributed by atoms with E-state index in [4.69, 9.17) is 4.74 Å². The van der Waals surface area contributed by atoms with Crippen molar-refractivity contribution in [2.45, 2.75) is 19.3 Å². The lowest BCUT2D eigenvalue weighted by molar-refractivity contribution is -0.120. The van der Waals surface area contributed by atoms with Crippen LogP contribution in [-0.4, -0.2) is 31.3 Å². The molecular weight excluding hydrogens is 266 g/mol. The average molecular weight is 287 g/mol. The van der Waals surface area contributed by atoms with E-state index in [0.717, 1.165) is 22.1 Å². The number of carbonyl (C=O) groups is 1. The normalized spacial score (nSPS) is 12.1. The highest BCUT2D eigenvalue weighted by Gasteiger charge is 2.15. The third kappa shape index (κ3) is 3.52. The van der Waals surface area contributed by atoms with Crippen LogP contribution < -0.4 is 10.1 Å². The van der Waals surface area contributed by atoms with E-state index in [9.17, 15) is 9.90 Å². The van der Waals surface area contributed by atoms with E-state index in [-0.39, 0.29) is 18.4 Å². The zero-order valence-corrected chi connectivity index (χ0v) is 12.4. The largest absolute Gasteiger partial charge is 0.497 e. The summed E-state index contributed by atoms with van der Waals surface area (Å²) in [4.78, 5) is 11.4. The molecule has 0 saturated heterocycles. The van der Waals surface area contributed by atoms with Gasteiger partial charge in [0.25, 0.3) is 0 Å². The first kappa shape index (κ1) is 15.3. The number of benzene rings is 2. The monoisotopic (exact) mass is 287 g/mol. The maximum absolute atomic E-state index is 11.4. The first-order valence-electron chi connectivity index (χ1n) is 7.13. The van der Waals surface area contributed by atoms with Gasteiger partial charge in [-0.3, -0.25) is 4.79 Å². The lowest BCUT2D eigenvalue weighted by atomic mass is 9.93. The highest BCUT2D eigenvalue weighted by Crippen LogP contribution is 2.28. The highest BCUT2D eigenvalue weighted by atomic mass is 16.5. The molecule has 2 aromatic rings. The molecule has 4 nitrogen and oxygen atoms in total. The SMILES string of the molecule is CCC(=O)NC[C@@H](CO)c1cccc2ccc(OC)cc12. The number of rotatable bonds is 6. The van der Waals surface area contributed by atoms with Crippen molar-refractivity contribution in [2.75, 3.05) is 20.3 Å². The number of aliphatic hydroxyl groups excluding tert-OH is 1. The fraction of sp³-hybridized carbons (Fsp3) is 0.353. The Morgan fingerprint density at radius 2 is 2.14 bits per heavy atom. The van der Waals surface area contributed by atoms with Gasteiger partial charge < -0.3 is 15.2 Å². The van der Waals surface area contributed by atoms with Crippen molar-refractivity contribution >= 4 is 16.7 Å². The van der Waals surface area contributed by atoms with Crippen molar-refractivity contribution in [3.05, 3.63) is 42.0 Å². The molecular formula is C17H21NO3. The van der Waals surface area contributed by atoms with Gasteiger partial charge in [-0.15, -0.1) is 0 Å². The topological polar surface area (TPSA) is 58.6 Å². The number of fused-ring (bicyclic) bond motifs is 1. The Kier molecular flexibility index (Phi) is 5.17. The van der Waals surface area contributed by atoms with Gasteiger partial charge in [-0.2, -0.15) is 0 Å². The summed E-state index contributed by atoms with van der Waals surface area (Å²) in [5.41, 5.74) is 1.02. The van der Waals surface area contributed by atoms with E-state index in [1.165, 1.54) is 0 Å². The van der Waals surface area contributed by atoms with Gasteiger partial charge in [-0.25, -0.2) is 0 Å². The summed E-state index contributed by atoms with van der Waals surface area (Å²) in [6, 6.07) is 11.9. The minimum atomic E-state index is -0.128. The van der Waals surface area contributed by atoms with Crippen molar-refractivity contribution in [3.63, 3.8) is 0 Å². The molecule has 0 bridgehead atoms. The number of nitrogens with one attached hydrogen (secondary N) is 1. The number of hydrogen-bond donors (Lipinski definition) is 2. The molecule has 0 radical (unpaired) electrons. The third-order valence-corrected chi connectivity index (χ3v) is 3.65. The van der Waals surface area contributed by atoms with Crippen molar-refractivity contribution in [1.82, 2.24) is 5.32 Å². The molecule has 0 saturated carbocycles. The first-order valence-corrected chi connectivity index (χ1v) is 7.13. The van der Waals surface area contributed by atoms with Crippen LogP contribution in [0.5, 0.6) is 5.75 Å². The molecule has 112 valence electrons. The van der Waals surface area contributed by atoms with E-state index in [1.807, 2.05) is 43.3 Å². The number of hydrogen-bond acceptors (Lipinski definition) is 3. The molecule has 0 spiro atoms. The van der Waals surface area contributed by atoms with Crippen LogP contribution >= 0.6 is 0 Å². The Labute approximate surface area is 124 Å².